The summed E-state index contributed by atoms with van der Waals surface area (Å²) in [6.07, 6.45) is 3.46. The minimum atomic E-state index is 0.415. The second-order valence-corrected chi connectivity index (χ2v) is 5.98. The Morgan fingerprint density at radius 3 is 3.00 bits per heavy atom. The maximum atomic E-state index is 8.91. The van der Waals surface area contributed by atoms with E-state index >= 15 is 0 Å². The van der Waals surface area contributed by atoms with Crippen molar-refractivity contribution in [3.05, 3.63) is 58.2 Å². The van der Waals surface area contributed by atoms with E-state index in [2.05, 4.69) is 26.3 Å². The molecule has 1 N–H and O–H groups in total. The largest absolute Gasteiger partial charge is 0.439 e. The summed E-state index contributed by atoms with van der Waals surface area (Å²) in [5.74, 6) is 1.45. The summed E-state index contributed by atoms with van der Waals surface area (Å²) in [7, 11) is 0. The zero-order valence-corrected chi connectivity index (χ0v) is 13.2. The highest BCUT2D eigenvalue weighted by Gasteiger charge is 2.04. The lowest BCUT2D eigenvalue weighted by Gasteiger charge is -2.07. The van der Waals surface area contributed by atoms with Crippen molar-refractivity contribution in [1.82, 2.24) is 15.0 Å². The molecule has 23 heavy (non-hydrogen) atoms. The summed E-state index contributed by atoms with van der Waals surface area (Å²) in [6.45, 7) is 2.58. The summed E-state index contributed by atoms with van der Waals surface area (Å²) < 4.78 is 5.67. The molecule has 0 aliphatic rings. The highest BCUT2D eigenvalue weighted by molar-refractivity contribution is 7.11. The molecule has 3 rings (SSSR count). The summed E-state index contributed by atoms with van der Waals surface area (Å²) in [6, 6.07) is 10.7. The van der Waals surface area contributed by atoms with Crippen molar-refractivity contribution in [2.45, 2.75) is 13.5 Å². The van der Waals surface area contributed by atoms with Crippen LogP contribution in [0.4, 0.5) is 5.95 Å². The third kappa shape index (κ3) is 4.02. The summed E-state index contributed by atoms with van der Waals surface area (Å²) in [5.41, 5.74) is 0.537. The van der Waals surface area contributed by atoms with Crippen LogP contribution in [-0.4, -0.2) is 15.0 Å². The number of thiazole rings is 1. The van der Waals surface area contributed by atoms with Gasteiger partial charge < -0.3 is 10.1 Å². The molecule has 2 heterocycles. The van der Waals surface area contributed by atoms with Crippen molar-refractivity contribution in [1.29, 1.82) is 5.26 Å². The molecule has 0 amide bonds. The SMILES string of the molecule is Cc1ncc(CNc2nccc(Oc3cccc(C#N)c3)n2)s1. The first-order valence-corrected chi connectivity index (χ1v) is 7.71. The molecule has 1 aromatic carbocycles. The van der Waals surface area contributed by atoms with Crippen LogP contribution < -0.4 is 10.1 Å². The number of nitrogens with zero attached hydrogens (tertiary/aromatic N) is 4. The number of anilines is 1. The van der Waals surface area contributed by atoms with Gasteiger partial charge in [-0.15, -0.1) is 11.3 Å². The zero-order chi connectivity index (χ0) is 16.1. The van der Waals surface area contributed by atoms with Crippen LogP contribution in [-0.2, 0) is 6.54 Å². The number of aromatic nitrogens is 3. The van der Waals surface area contributed by atoms with E-state index in [1.807, 2.05) is 13.1 Å². The predicted octanol–water partition coefficient (Wildman–Crippen LogP) is 3.52. The number of nitrogens with one attached hydrogen (secondary N) is 1. The summed E-state index contributed by atoms with van der Waals surface area (Å²) in [4.78, 5) is 13.8. The molecule has 3 aromatic rings. The molecule has 0 fully saturated rings. The number of benzene rings is 1. The molecule has 6 nitrogen and oxygen atoms in total. The molecule has 114 valence electrons. The van der Waals surface area contributed by atoms with Gasteiger partial charge in [-0.05, 0) is 25.1 Å². The second-order valence-electron chi connectivity index (χ2n) is 4.66. The third-order valence-corrected chi connectivity index (χ3v) is 3.82. The van der Waals surface area contributed by atoms with E-state index in [4.69, 9.17) is 10.00 Å². The van der Waals surface area contributed by atoms with Crippen LogP contribution in [0.5, 0.6) is 11.6 Å². The lowest BCUT2D eigenvalue weighted by Crippen LogP contribution is -2.02. The highest BCUT2D eigenvalue weighted by Crippen LogP contribution is 2.21. The van der Waals surface area contributed by atoms with E-state index in [0.717, 1.165) is 9.88 Å². The minimum Gasteiger partial charge on any atom is -0.439 e. The van der Waals surface area contributed by atoms with Crippen molar-refractivity contribution in [3.8, 4) is 17.7 Å². The Balaban J connectivity index is 1.68. The molecular formula is C16H13N5OS. The molecule has 0 saturated carbocycles. The fourth-order valence-electron chi connectivity index (χ4n) is 1.89. The van der Waals surface area contributed by atoms with Crippen molar-refractivity contribution in [2.75, 3.05) is 5.32 Å². The van der Waals surface area contributed by atoms with Gasteiger partial charge in [0.15, 0.2) is 0 Å². The fraction of sp³-hybridized carbons (Fsp3) is 0.125. The molecule has 7 heteroatoms. The number of hydrogen-bond donors (Lipinski definition) is 1. The molecule has 2 aromatic heterocycles. The van der Waals surface area contributed by atoms with Gasteiger partial charge in [0.25, 0.3) is 0 Å². The van der Waals surface area contributed by atoms with Gasteiger partial charge in [-0.25, -0.2) is 9.97 Å². The smallest absolute Gasteiger partial charge is 0.226 e. The quantitative estimate of drug-likeness (QED) is 0.773. The Labute approximate surface area is 137 Å². The molecule has 0 saturated heterocycles. The predicted molar refractivity (Wildman–Crippen MR) is 87.4 cm³/mol. The topological polar surface area (TPSA) is 83.7 Å². The van der Waals surface area contributed by atoms with Gasteiger partial charge in [-0.2, -0.15) is 10.2 Å². The number of ether oxygens (including phenoxy) is 1. The van der Waals surface area contributed by atoms with Crippen molar-refractivity contribution >= 4 is 17.3 Å². The molecule has 0 spiro atoms. The maximum absolute atomic E-state index is 8.91. The van der Waals surface area contributed by atoms with E-state index in [1.165, 1.54) is 0 Å². The van der Waals surface area contributed by atoms with Gasteiger partial charge in [-0.3, -0.25) is 0 Å². The summed E-state index contributed by atoms with van der Waals surface area (Å²) in [5, 5.41) is 13.1. The Morgan fingerprint density at radius 1 is 1.30 bits per heavy atom. The molecular weight excluding hydrogens is 310 g/mol. The van der Waals surface area contributed by atoms with Crippen molar-refractivity contribution < 1.29 is 4.74 Å². The lowest BCUT2D eigenvalue weighted by molar-refractivity contribution is 0.462. The van der Waals surface area contributed by atoms with Gasteiger partial charge in [0.05, 0.1) is 23.2 Å². The number of hydrogen-bond acceptors (Lipinski definition) is 7. The first kappa shape index (κ1) is 14.9. The van der Waals surface area contributed by atoms with Crippen LogP contribution >= 0.6 is 11.3 Å². The maximum Gasteiger partial charge on any atom is 0.226 e. The van der Waals surface area contributed by atoms with E-state index in [0.29, 0.717) is 29.7 Å². The average molecular weight is 323 g/mol. The van der Waals surface area contributed by atoms with E-state index in [1.54, 1.807) is 47.9 Å². The van der Waals surface area contributed by atoms with Crippen LogP contribution in [0.2, 0.25) is 0 Å². The molecule has 0 bridgehead atoms. The van der Waals surface area contributed by atoms with E-state index < -0.39 is 0 Å². The number of aryl methyl sites for hydroxylation is 1. The Hall–Kier alpha value is -2.98. The standard InChI is InChI=1S/C16H13N5OS/c1-11-19-9-14(23-11)10-20-16-18-6-5-15(21-16)22-13-4-2-3-12(7-13)8-17/h2-7,9H,10H2,1H3,(H,18,20,21). The first-order valence-electron chi connectivity index (χ1n) is 6.89. The zero-order valence-electron chi connectivity index (χ0n) is 12.4. The molecule has 0 aliphatic heterocycles. The van der Waals surface area contributed by atoms with Crippen LogP contribution in [0.15, 0.2) is 42.7 Å². The molecule has 0 radical (unpaired) electrons. The van der Waals surface area contributed by atoms with E-state index in [-0.39, 0.29) is 0 Å². The van der Waals surface area contributed by atoms with Crippen LogP contribution in [0.3, 0.4) is 0 Å². The fourth-order valence-corrected chi connectivity index (χ4v) is 2.62. The molecule has 0 atom stereocenters. The number of nitriles is 1. The normalized spacial score (nSPS) is 10.1. The minimum absolute atomic E-state index is 0.415. The summed E-state index contributed by atoms with van der Waals surface area (Å²) >= 11 is 1.63. The molecule has 0 unspecified atom stereocenters. The van der Waals surface area contributed by atoms with Gasteiger partial charge >= 0.3 is 0 Å². The van der Waals surface area contributed by atoms with Gasteiger partial charge in [-0.1, -0.05) is 6.07 Å². The Kier molecular flexibility index (Phi) is 4.45. The second kappa shape index (κ2) is 6.85. The Morgan fingerprint density at radius 2 is 2.22 bits per heavy atom. The van der Waals surface area contributed by atoms with Crippen molar-refractivity contribution in [3.63, 3.8) is 0 Å². The van der Waals surface area contributed by atoms with Crippen LogP contribution in [0.1, 0.15) is 15.4 Å². The number of rotatable bonds is 5. The monoisotopic (exact) mass is 323 g/mol. The lowest BCUT2D eigenvalue weighted by atomic mass is 10.2. The first-order chi connectivity index (χ1) is 11.2. The van der Waals surface area contributed by atoms with Gasteiger partial charge in [0.1, 0.15) is 5.75 Å². The average Bonchev–Trinajstić information content (AvgIpc) is 2.99. The van der Waals surface area contributed by atoms with Gasteiger partial charge in [0, 0.05) is 23.3 Å². The molecule has 0 aliphatic carbocycles. The van der Waals surface area contributed by atoms with E-state index in [9.17, 15) is 0 Å². The Bertz CT molecular complexity index is 855. The van der Waals surface area contributed by atoms with Crippen LogP contribution in [0, 0.1) is 18.3 Å². The van der Waals surface area contributed by atoms with Gasteiger partial charge in [0.2, 0.25) is 11.8 Å². The third-order valence-electron chi connectivity index (χ3n) is 2.91. The highest BCUT2D eigenvalue weighted by atomic mass is 32.1. The van der Waals surface area contributed by atoms with Crippen LogP contribution in [0.25, 0.3) is 0 Å². The van der Waals surface area contributed by atoms with Crippen molar-refractivity contribution in [2.24, 2.45) is 0 Å².